The fourth-order valence-electron chi connectivity index (χ4n) is 1.03. The SMILES string of the molecule is O=C(NCCO)C1C[C]CCO1. The van der Waals surface area contributed by atoms with Gasteiger partial charge in [0.2, 0.25) is 5.91 Å². The number of amides is 1. The second-order valence-electron chi connectivity index (χ2n) is 2.58. The summed E-state index contributed by atoms with van der Waals surface area (Å²) in [6.07, 6.45) is 3.99. The Morgan fingerprint density at radius 2 is 2.58 bits per heavy atom. The Bertz CT molecular complexity index is 143. The van der Waals surface area contributed by atoms with Crippen LogP contribution in [0.25, 0.3) is 0 Å². The third-order valence-corrected chi connectivity index (χ3v) is 1.63. The lowest BCUT2D eigenvalue weighted by Crippen LogP contribution is -2.39. The lowest BCUT2D eigenvalue weighted by Gasteiger charge is -2.20. The van der Waals surface area contributed by atoms with Gasteiger partial charge in [0.05, 0.1) is 6.61 Å². The van der Waals surface area contributed by atoms with Crippen molar-refractivity contribution in [3.63, 3.8) is 0 Å². The normalized spacial score (nSPS) is 23.6. The smallest absolute Gasteiger partial charge is 0.249 e. The van der Waals surface area contributed by atoms with Crippen LogP contribution in [-0.4, -0.2) is 36.9 Å². The number of nitrogens with one attached hydrogen (secondary N) is 1. The van der Waals surface area contributed by atoms with Crippen molar-refractivity contribution in [1.29, 1.82) is 0 Å². The van der Waals surface area contributed by atoms with Crippen LogP contribution in [0.5, 0.6) is 0 Å². The van der Waals surface area contributed by atoms with E-state index in [9.17, 15) is 4.79 Å². The number of rotatable bonds is 3. The summed E-state index contributed by atoms with van der Waals surface area (Å²) in [4.78, 5) is 11.2. The summed E-state index contributed by atoms with van der Waals surface area (Å²) in [5.74, 6) is -0.156. The van der Waals surface area contributed by atoms with Crippen molar-refractivity contribution >= 4 is 5.91 Å². The molecule has 0 aliphatic carbocycles. The van der Waals surface area contributed by atoms with Gasteiger partial charge >= 0.3 is 0 Å². The first kappa shape index (κ1) is 9.48. The largest absolute Gasteiger partial charge is 0.395 e. The second-order valence-corrected chi connectivity index (χ2v) is 2.58. The van der Waals surface area contributed by atoms with Crippen molar-refractivity contribution in [1.82, 2.24) is 5.32 Å². The van der Waals surface area contributed by atoms with E-state index in [0.29, 0.717) is 19.6 Å². The minimum Gasteiger partial charge on any atom is -0.395 e. The monoisotopic (exact) mass is 171 g/mol. The minimum atomic E-state index is -0.398. The number of hydrogen-bond donors (Lipinski definition) is 2. The highest BCUT2D eigenvalue weighted by molar-refractivity contribution is 5.80. The standard InChI is InChI=1S/C8H13NO3/c10-5-4-9-8(11)7-3-1-2-6-12-7/h7,10H,2-6H2,(H,9,11). The molecule has 0 aromatic heterocycles. The minimum absolute atomic E-state index is 0.0358. The Kier molecular flexibility index (Phi) is 4.04. The highest BCUT2D eigenvalue weighted by atomic mass is 16.5. The lowest BCUT2D eigenvalue weighted by atomic mass is 10.1. The number of aliphatic hydroxyl groups is 1. The van der Waals surface area contributed by atoms with E-state index in [1.807, 2.05) is 0 Å². The van der Waals surface area contributed by atoms with Crippen LogP contribution in [0.4, 0.5) is 0 Å². The highest BCUT2D eigenvalue weighted by Crippen LogP contribution is 2.11. The molecule has 1 aliphatic heterocycles. The van der Waals surface area contributed by atoms with E-state index >= 15 is 0 Å². The van der Waals surface area contributed by atoms with Crippen LogP contribution in [0.2, 0.25) is 0 Å². The first-order chi connectivity index (χ1) is 5.84. The van der Waals surface area contributed by atoms with Crippen molar-refractivity contribution in [3.05, 3.63) is 6.42 Å². The van der Waals surface area contributed by atoms with Crippen LogP contribution < -0.4 is 5.32 Å². The van der Waals surface area contributed by atoms with Gasteiger partial charge in [0, 0.05) is 13.2 Å². The fraction of sp³-hybridized carbons (Fsp3) is 0.750. The number of carbonyl (C=O) groups excluding carboxylic acids is 1. The molecule has 0 saturated carbocycles. The van der Waals surface area contributed by atoms with Gasteiger partial charge in [0.15, 0.2) is 0 Å². The van der Waals surface area contributed by atoms with Crippen LogP contribution in [0.3, 0.4) is 0 Å². The van der Waals surface area contributed by atoms with Crippen molar-refractivity contribution in [2.24, 2.45) is 0 Å². The summed E-state index contributed by atoms with van der Waals surface area (Å²) in [5, 5.41) is 11.0. The Morgan fingerprint density at radius 1 is 1.75 bits per heavy atom. The molecule has 1 heterocycles. The molecule has 0 bridgehead atoms. The summed E-state index contributed by atoms with van der Waals surface area (Å²) in [6.45, 7) is 0.821. The molecule has 0 aromatic rings. The maximum absolute atomic E-state index is 11.2. The molecule has 2 radical (unpaired) electrons. The molecule has 2 N–H and O–H groups in total. The summed E-state index contributed by atoms with van der Waals surface area (Å²) in [5.41, 5.74) is 0. The van der Waals surface area contributed by atoms with Crippen molar-refractivity contribution < 1.29 is 14.6 Å². The number of ether oxygens (including phenoxy) is 1. The third-order valence-electron chi connectivity index (χ3n) is 1.63. The van der Waals surface area contributed by atoms with Crippen LogP contribution >= 0.6 is 0 Å². The van der Waals surface area contributed by atoms with E-state index < -0.39 is 6.10 Å². The van der Waals surface area contributed by atoms with E-state index in [-0.39, 0.29) is 12.5 Å². The van der Waals surface area contributed by atoms with Crippen molar-refractivity contribution in [2.45, 2.75) is 18.9 Å². The quantitative estimate of drug-likeness (QED) is 0.593. The summed E-state index contributed by atoms with van der Waals surface area (Å²) in [6, 6.07) is 0. The molecule has 1 atom stereocenters. The molecule has 1 fully saturated rings. The van der Waals surface area contributed by atoms with E-state index in [1.165, 1.54) is 0 Å². The maximum Gasteiger partial charge on any atom is 0.249 e. The molecule has 0 spiro atoms. The van der Waals surface area contributed by atoms with E-state index in [4.69, 9.17) is 9.84 Å². The molecular formula is C8H13NO3. The topological polar surface area (TPSA) is 58.6 Å². The van der Waals surface area contributed by atoms with Crippen LogP contribution in [-0.2, 0) is 9.53 Å². The predicted molar refractivity (Wildman–Crippen MR) is 42.3 cm³/mol. The molecule has 1 aliphatic rings. The van der Waals surface area contributed by atoms with Gasteiger partial charge < -0.3 is 15.2 Å². The van der Waals surface area contributed by atoms with Gasteiger partial charge in [-0.1, -0.05) is 0 Å². The van der Waals surface area contributed by atoms with Crippen molar-refractivity contribution in [3.8, 4) is 0 Å². The second kappa shape index (κ2) is 5.11. The molecule has 4 nitrogen and oxygen atoms in total. The fourth-order valence-corrected chi connectivity index (χ4v) is 1.03. The van der Waals surface area contributed by atoms with Gasteiger partial charge in [0.1, 0.15) is 6.10 Å². The van der Waals surface area contributed by atoms with Crippen LogP contribution in [0.15, 0.2) is 0 Å². The zero-order valence-electron chi connectivity index (χ0n) is 6.88. The van der Waals surface area contributed by atoms with Crippen LogP contribution in [0.1, 0.15) is 12.8 Å². The molecule has 68 valence electrons. The molecule has 12 heavy (non-hydrogen) atoms. The zero-order valence-corrected chi connectivity index (χ0v) is 6.88. The molecule has 1 saturated heterocycles. The first-order valence-corrected chi connectivity index (χ1v) is 4.05. The zero-order chi connectivity index (χ0) is 8.81. The molecule has 1 unspecified atom stereocenters. The van der Waals surface area contributed by atoms with Gasteiger partial charge in [-0.15, -0.1) is 0 Å². The van der Waals surface area contributed by atoms with Gasteiger partial charge in [0.25, 0.3) is 0 Å². The first-order valence-electron chi connectivity index (χ1n) is 4.05. The average Bonchev–Trinajstić information content (AvgIpc) is 2.15. The maximum atomic E-state index is 11.2. The highest BCUT2D eigenvalue weighted by Gasteiger charge is 2.21. The van der Waals surface area contributed by atoms with Crippen molar-refractivity contribution in [2.75, 3.05) is 19.8 Å². The Balaban J connectivity index is 2.20. The van der Waals surface area contributed by atoms with E-state index in [1.54, 1.807) is 0 Å². The summed E-state index contributed by atoms with van der Waals surface area (Å²) < 4.78 is 5.18. The van der Waals surface area contributed by atoms with Gasteiger partial charge in [-0.3, -0.25) is 4.79 Å². The Labute approximate surface area is 71.9 Å². The third kappa shape index (κ3) is 2.79. The van der Waals surface area contributed by atoms with E-state index in [2.05, 4.69) is 11.7 Å². The van der Waals surface area contributed by atoms with Gasteiger partial charge in [-0.25, -0.2) is 0 Å². The summed E-state index contributed by atoms with van der Waals surface area (Å²) >= 11 is 0. The molecular weight excluding hydrogens is 158 g/mol. The molecule has 4 heteroatoms. The van der Waals surface area contributed by atoms with Gasteiger partial charge in [-0.05, 0) is 19.3 Å². The number of carbonyl (C=O) groups is 1. The molecule has 1 amide bonds. The van der Waals surface area contributed by atoms with E-state index in [0.717, 1.165) is 6.42 Å². The lowest BCUT2D eigenvalue weighted by molar-refractivity contribution is -0.134. The van der Waals surface area contributed by atoms with Crippen LogP contribution in [0, 0.1) is 6.42 Å². The number of hydrogen-bond acceptors (Lipinski definition) is 3. The number of aliphatic hydroxyl groups excluding tert-OH is 1. The molecule has 1 rings (SSSR count). The predicted octanol–water partition coefficient (Wildman–Crippen LogP) is -0.645. The summed E-state index contributed by atoms with van der Waals surface area (Å²) in [7, 11) is 0. The average molecular weight is 171 g/mol. The Hall–Kier alpha value is -0.610. The van der Waals surface area contributed by atoms with Gasteiger partial charge in [-0.2, -0.15) is 0 Å². The Morgan fingerprint density at radius 3 is 3.17 bits per heavy atom. The molecule has 0 aromatic carbocycles.